The first kappa shape index (κ1) is 23.3. The summed E-state index contributed by atoms with van der Waals surface area (Å²) < 4.78 is 16.2. The Kier molecular flexibility index (Phi) is 7.44. The fourth-order valence-corrected chi connectivity index (χ4v) is 4.17. The third kappa shape index (κ3) is 5.74. The van der Waals surface area contributed by atoms with Gasteiger partial charge < -0.3 is 19.5 Å². The molecule has 1 aromatic heterocycles. The van der Waals surface area contributed by atoms with Crippen LogP contribution in [-0.2, 0) is 11.3 Å². The van der Waals surface area contributed by atoms with Crippen molar-refractivity contribution in [1.29, 1.82) is 0 Å². The molecule has 0 atom stereocenters. The van der Waals surface area contributed by atoms with Crippen LogP contribution in [0.5, 0.6) is 17.2 Å². The van der Waals surface area contributed by atoms with E-state index in [-0.39, 0.29) is 12.5 Å². The van der Waals surface area contributed by atoms with Crippen molar-refractivity contribution < 1.29 is 19.0 Å². The third-order valence-electron chi connectivity index (χ3n) is 5.26. The molecule has 1 N–H and O–H groups in total. The smallest absolute Gasteiger partial charge is 0.258 e. The van der Waals surface area contributed by atoms with Gasteiger partial charge in [0.25, 0.3) is 5.91 Å². The van der Waals surface area contributed by atoms with Gasteiger partial charge in [-0.15, -0.1) is 11.3 Å². The molecule has 4 rings (SSSR count). The summed E-state index contributed by atoms with van der Waals surface area (Å²) in [5.74, 6) is 1.88. The van der Waals surface area contributed by atoms with Crippen LogP contribution in [0.3, 0.4) is 0 Å². The highest BCUT2D eigenvalue weighted by Crippen LogP contribution is 2.34. The van der Waals surface area contributed by atoms with Crippen LogP contribution in [0, 0.1) is 6.92 Å². The lowest BCUT2D eigenvalue weighted by Gasteiger charge is -2.08. The van der Waals surface area contributed by atoms with Crippen LogP contribution in [0.4, 0.5) is 0 Å². The van der Waals surface area contributed by atoms with Gasteiger partial charge in [0, 0.05) is 23.1 Å². The molecule has 0 radical (unpaired) electrons. The molecule has 6 nitrogen and oxygen atoms in total. The summed E-state index contributed by atoms with van der Waals surface area (Å²) in [7, 11) is 3.24. The van der Waals surface area contributed by atoms with E-state index in [1.807, 2.05) is 79.0 Å². The zero-order valence-corrected chi connectivity index (χ0v) is 20.1. The van der Waals surface area contributed by atoms with E-state index in [9.17, 15) is 4.79 Å². The Morgan fingerprint density at radius 3 is 2.32 bits per heavy atom. The molecule has 0 unspecified atom stereocenters. The fourth-order valence-electron chi connectivity index (χ4n) is 3.33. The zero-order valence-electron chi connectivity index (χ0n) is 19.3. The van der Waals surface area contributed by atoms with Gasteiger partial charge in [-0.05, 0) is 42.8 Å². The van der Waals surface area contributed by atoms with Gasteiger partial charge in [-0.1, -0.05) is 42.0 Å². The Morgan fingerprint density at radius 1 is 0.912 bits per heavy atom. The van der Waals surface area contributed by atoms with Crippen molar-refractivity contribution in [3.8, 4) is 39.1 Å². The van der Waals surface area contributed by atoms with Crippen LogP contribution in [0.25, 0.3) is 21.8 Å². The summed E-state index contributed by atoms with van der Waals surface area (Å²) in [4.78, 5) is 16.9. The number of rotatable bonds is 9. The fraction of sp³-hybridized carbons (Fsp3) is 0.185. The molecule has 174 valence electrons. The van der Waals surface area contributed by atoms with Gasteiger partial charge in [0.05, 0.1) is 19.9 Å². The van der Waals surface area contributed by atoms with E-state index >= 15 is 0 Å². The standard InChI is InChI=1S/C27H26N2O4S/c1-18-4-11-22(12-5-18)33-16-26(30)28-15-19-6-8-20(9-7-19)27-29-23(17-34-27)21-10-13-24(31-2)25(14-21)32-3/h4-14,17H,15-16H2,1-3H3,(H,28,30). The number of thiazole rings is 1. The summed E-state index contributed by atoms with van der Waals surface area (Å²) in [6, 6.07) is 21.4. The number of nitrogens with zero attached hydrogens (tertiary/aromatic N) is 1. The van der Waals surface area contributed by atoms with Crippen molar-refractivity contribution in [2.75, 3.05) is 20.8 Å². The van der Waals surface area contributed by atoms with Gasteiger partial charge in [0.15, 0.2) is 18.1 Å². The average molecular weight is 475 g/mol. The lowest BCUT2D eigenvalue weighted by atomic mass is 10.1. The molecule has 7 heteroatoms. The number of carbonyl (C=O) groups excluding carboxylic acids is 1. The third-order valence-corrected chi connectivity index (χ3v) is 6.16. The number of hydrogen-bond acceptors (Lipinski definition) is 6. The number of benzene rings is 3. The van der Waals surface area contributed by atoms with Crippen LogP contribution < -0.4 is 19.5 Å². The molecule has 0 bridgehead atoms. The lowest BCUT2D eigenvalue weighted by molar-refractivity contribution is -0.123. The highest BCUT2D eigenvalue weighted by molar-refractivity contribution is 7.13. The van der Waals surface area contributed by atoms with Crippen LogP contribution >= 0.6 is 11.3 Å². The number of aromatic nitrogens is 1. The number of nitrogens with one attached hydrogen (secondary N) is 1. The molecule has 34 heavy (non-hydrogen) atoms. The average Bonchev–Trinajstić information content (AvgIpc) is 3.37. The van der Waals surface area contributed by atoms with E-state index in [1.54, 1.807) is 25.6 Å². The van der Waals surface area contributed by atoms with Crippen molar-refractivity contribution >= 4 is 17.2 Å². The van der Waals surface area contributed by atoms with E-state index in [1.165, 1.54) is 0 Å². The van der Waals surface area contributed by atoms with Gasteiger partial charge in [-0.25, -0.2) is 4.98 Å². The largest absolute Gasteiger partial charge is 0.493 e. The minimum absolute atomic E-state index is 0.0147. The summed E-state index contributed by atoms with van der Waals surface area (Å²) >= 11 is 1.58. The number of carbonyl (C=O) groups is 1. The van der Waals surface area contributed by atoms with Crippen molar-refractivity contribution in [3.05, 3.63) is 83.2 Å². The predicted molar refractivity (Wildman–Crippen MR) is 135 cm³/mol. The van der Waals surface area contributed by atoms with Gasteiger partial charge in [0.2, 0.25) is 0 Å². The van der Waals surface area contributed by atoms with E-state index in [4.69, 9.17) is 19.2 Å². The quantitative estimate of drug-likeness (QED) is 0.347. The first-order chi connectivity index (χ1) is 16.6. The van der Waals surface area contributed by atoms with Gasteiger partial charge in [-0.2, -0.15) is 0 Å². The van der Waals surface area contributed by atoms with E-state index in [0.717, 1.165) is 33.0 Å². The summed E-state index contributed by atoms with van der Waals surface area (Å²) in [6.45, 7) is 2.43. The minimum atomic E-state index is -0.163. The Bertz CT molecular complexity index is 1250. The molecule has 0 aliphatic heterocycles. The number of amides is 1. The van der Waals surface area contributed by atoms with Crippen LogP contribution in [0.2, 0.25) is 0 Å². The molecule has 4 aromatic rings. The second-order valence-corrected chi connectivity index (χ2v) is 8.54. The van der Waals surface area contributed by atoms with E-state index < -0.39 is 0 Å². The first-order valence-electron chi connectivity index (χ1n) is 10.8. The molecular formula is C27H26N2O4S. The Hall–Kier alpha value is -3.84. The van der Waals surface area contributed by atoms with Crippen molar-refractivity contribution in [2.45, 2.75) is 13.5 Å². The molecule has 3 aromatic carbocycles. The van der Waals surface area contributed by atoms with Gasteiger partial charge in [-0.3, -0.25) is 4.79 Å². The predicted octanol–water partition coefficient (Wildman–Crippen LogP) is 5.50. The zero-order chi connectivity index (χ0) is 23.9. The Morgan fingerprint density at radius 2 is 1.62 bits per heavy atom. The van der Waals surface area contributed by atoms with Crippen molar-refractivity contribution in [1.82, 2.24) is 10.3 Å². The Labute approximate surface area is 203 Å². The number of aryl methyl sites for hydroxylation is 1. The molecule has 0 aliphatic rings. The SMILES string of the molecule is COc1ccc(-c2csc(-c3ccc(CNC(=O)COc4ccc(C)cc4)cc3)n2)cc1OC. The normalized spacial score (nSPS) is 10.6. The van der Waals surface area contributed by atoms with Crippen molar-refractivity contribution in [3.63, 3.8) is 0 Å². The molecule has 0 saturated carbocycles. The van der Waals surface area contributed by atoms with Crippen LogP contribution in [0.15, 0.2) is 72.1 Å². The van der Waals surface area contributed by atoms with E-state index in [2.05, 4.69) is 5.32 Å². The summed E-state index contributed by atoms with van der Waals surface area (Å²) in [5.41, 5.74) is 5.02. The van der Waals surface area contributed by atoms with Crippen LogP contribution in [0.1, 0.15) is 11.1 Å². The molecule has 0 aliphatic carbocycles. The highest BCUT2D eigenvalue weighted by Gasteiger charge is 2.11. The highest BCUT2D eigenvalue weighted by atomic mass is 32.1. The molecule has 1 amide bonds. The van der Waals surface area contributed by atoms with Gasteiger partial charge >= 0.3 is 0 Å². The Balaban J connectivity index is 1.33. The van der Waals surface area contributed by atoms with Crippen molar-refractivity contribution in [2.24, 2.45) is 0 Å². The summed E-state index contributed by atoms with van der Waals surface area (Å²) in [6.07, 6.45) is 0. The minimum Gasteiger partial charge on any atom is -0.493 e. The monoisotopic (exact) mass is 474 g/mol. The second-order valence-electron chi connectivity index (χ2n) is 7.68. The molecule has 0 spiro atoms. The maximum Gasteiger partial charge on any atom is 0.258 e. The topological polar surface area (TPSA) is 69.7 Å². The lowest BCUT2D eigenvalue weighted by Crippen LogP contribution is -2.28. The first-order valence-corrected chi connectivity index (χ1v) is 11.7. The number of methoxy groups -OCH3 is 2. The molecular weight excluding hydrogens is 448 g/mol. The maximum atomic E-state index is 12.1. The van der Waals surface area contributed by atoms with Gasteiger partial charge in [0.1, 0.15) is 10.8 Å². The molecule has 0 saturated heterocycles. The second kappa shape index (κ2) is 10.9. The maximum absolute atomic E-state index is 12.1. The van der Waals surface area contributed by atoms with Crippen LogP contribution in [-0.4, -0.2) is 31.7 Å². The number of ether oxygens (including phenoxy) is 3. The summed E-state index contributed by atoms with van der Waals surface area (Å²) in [5, 5.41) is 5.84. The molecule has 0 fully saturated rings. The number of hydrogen-bond donors (Lipinski definition) is 1. The molecule has 1 heterocycles. The van der Waals surface area contributed by atoms with E-state index in [0.29, 0.717) is 23.8 Å².